The molecule has 2 unspecified atom stereocenters. The lowest BCUT2D eigenvalue weighted by atomic mass is 9.97. The van der Waals surface area contributed by atoms with Crippen molar-refractivity contribution in [2.45, 2.75) is 33.3 Å². The van der Waals surface area contributed by atoms with Gasteiger partial charge in [0, 0.05) is 6.92 Å². The molecule has 82 valence electrons. The number of ether oxygens (including phenoxy) is 1. The van der Waals surface area contributed by atoms with Crippen LogP contribution in [-0.4, -0.2) is 12.1 Å². The van der Waals surface area contributed by atoms with E-state index in [2.05, 4.69) is 19.1 Å². The highest BCUT2D eigenvalue weighted by atomic mass is 16.5. The summed E-state index contributed by atoms with van der Waals surface area (Å²) in [5.41, 5.74) is 1.28. The maximum absolute atomic E-state index is 10.8. The topological polar surface area (TPSA) is 26.3 Å². The molecule has 2 nitrogen and oxygen atoms in total. The van der Waals surface area contributed by atoms with Crippen molar-refractivity contribution in [2.75, 3.05) is 0 Å². The minimum Gasteiger partial charge on any atom is -0.463 e. The van der Waals surface area contributed by atoms with Gasteiger partial charge in [-0.2, -0.15) is 0 Å². The van der Waals surface area contributed by atoms with Gasteiger partial charge in [-0.3, -0.25) is 4.79 Å². The normalized spacial score (nSPS) is 14.3. The molecule has 0 saturated carbocycles. The van der Waals surface area contributed by atoms with Crippen molar-refractivity contribution in [1.82, 2.24) is 0 Å². The molecule has 2 atom stereocenters. The van der Waals surface area contributed by atoms with E-state index in [0.29, 0.717) is 5.92 Å². The summed E-state index contributed by atoms with van der Waals surface area (Å²) in [6.45, 7) is 5.49. The van der Waals surface area contributed by atoms with Gasteiger partial charge >= 0.3 is 5.97 Å². The Morgan fingerprint density at radius 2 is 1.87 bits per heavy atom. The van der Waals surface area contributed by atoms with Gasteiger partial charge in [-0.05, 0) is 24.8 Å². The Morgan fingerprint density at radius 3 is 2.40 bits per heavy atom. The number of benzene rings is 1. The summed E-state index contributed by atoms with van der Waals surface area (Å²) >= 11 is 0. The van der Waals surface area contributed by atoms with Gasteiger partial charge in [0.1, 0.15) is 6.10 Å². The third-order valence-corrected chi connectivity index (χ3v) is 2.55. The molecule has 0 fully saturated rings. The van der Waals surface area contributed by atoms with E-state index >= 15 is 0 Å². The van der Waals surface area contributed by atoms with Crippen LogP contribution in [0.4, 0.5) is 0 Å². The van der Waals surface area contributed by atoms with Crippen molar-refractivity contribution in [3.63, 3.8) is 0 Å². The number of rotatable bonds is 4. The van der Waals surface area contributed by atoms with Crippen molar-refractivity contribution < 1.29 is 9.53 Å². The first-order valence-electron chi connectivity index (χ1n) is 5.30. The molecule has 0 aliphatic heterocycles. The molecule has 15 heavy (non-hydrogen) atoms. The molecule has 0 aliphatic rings. The van der Waals surface area contributed by atoms with Crippen molar-refractivity contribution in [1.29, 1.82) is 0 Å². The monoisotopic (exact) mass is 206 g/mol. The van der Waals surface area contributed by atoms with Gasteiger partial charge in [0.15, 0.2) is 0 Å². The van der Waals surface area contributed by atoms with Crippen LogP contribution < -0.4 is 0 Å². The molecule has 0 aliphatic carbocycles. The van der Waals surface area contributed by atoms with Gasteiger partial charge < -0.3 is 4.74 Å². The zero-order valence-electron chi connectivity index (χ0n) is 9.57. The quantitative estimate of drug-likeness (QED) is 0.708. The molecular formula is C13H18O2. The summed E-state index contributed by atoms with van der Waals surface area (Å²) in [5.74, 6) is 0.138. The summed E-state index contributed by atoms with van der Waals surface area (Å²) in [4.78, 5) is 10.8. The molecule has 0 amide bonds. The maximum Gasteiger partial charge on any atom is 0.302 e. The largest absolute Gasteiger partial charge is 0.463 e. The van der Waals surface area contributed by atoms with Gasteiger partial charge in [0.25, 0.3) is 0 Å². The Labute approximate surface area is 91.3 Å². The first kappa shape index (κ1) is 11.8. The zero-order valence-corrected chi connectivity index (χ0v) is 9.57. The smallest absolute Gasteiger partial charge is 0.302 e. The second kappa shape index (κ2) is 5.54. The van der Waals surface area contributed by atoms with E-state index in [4.69, 9.17) is 4.74 Å². The van der Waals surface area contributed by atoms with E-state index < -0.39 is 0 Å². The van der Waals surface area contributed by atoms with Crippen molar-refractivity contribution in [3.8, 4) is 0 Å². The van der Waals surface area contributed by atoms with Crippen molar-refractivity contribution >= 4 is 5.97 Å². The Kier molecular flexibility index (Phi) is 4.35. The van der Waals surface area contributed by atoms with Crippen molar-refractivity contribution in [3.05, 3.63) is 35.9 Å². The molecule has 0 bridgehead atoms. The Hall–Kier alpha value is -1.31. The van der Waals surface area contributed by atoms with Crippen LogP contribution in [0.25, 0.3) is 0 Å². The molecule has 0 heterocycles. The highest BCUT2D eigenvalue weighted by Gasteiger charge is 2.15. The predicted octanol–water partition coefficient (Wildman–Crippen LogP) is 2.82. The second-order valence-electron chi connectivity index (χ2n) is 3.98. The number of esters is 1. The molecule has 2 heteroatoms. The fourth-order valence-corrected chi connectivity index (χ4v) is 1.53. The van der Waals surface area contributed by atoms with Gasteiger partial charge in [-0.1, -0.05) is 37.3 Å². The summed E-state index contributed by atoms with van der Waals surface area (Å²) in [6, 6.07) is 10.2. The fraction of sp³-hybridized carbons (Fsp3) is 0.462. The number of carbonyl (C=O) groups is 1. The van der Waals surface area contributed by atoms with Gasteiger partial charge in [-0.15, -0.1) is 0 Å². The SMILES string of the molecule is CC(=O)OC(C)C(C)Cc1ccccc1. The molecule has 1 aromatic carbocycles. The van der Waals surface area contributed by atoms with E-state index in [1.165, 1.54) is 12.5 Å². The first-order chi connectivity index (χ1) is 7.09. The second-order valence-corrected chi connectivity index (χ2v) is 3.98. The first-order valence-corrected chi connectivity index (χ1v) is 5.30. The average molecular weight is 206 g/mol. The number of carbonyl (C=O) groups excluding carboxylic acids is 1. The van der Waals surface area contributed by atoms with Crippen LogP contribution in [0.5, 0.6) is 0 Å². The average Bonchev–Trinajstić information content (AvgIpc) is 2.18. The van der Waals surface area contributed by atoms with E-state index in [1.54, 1.807) is 0 Å². The van der Waals surface area contributed by atoms with Crippen LogP contribution in [0, 0.1) is 5.92 Å². The maximum atomic E-state index is 10.8. The highest BCUT2D eigenvalue weighted by molar-refractivity contribution is 5.66. The molecule has 0 radical (unpaired) electrons. The predicted molar refractivity (Wildman–Crippen MR) is 60.5 cm³/mol. The van der Waals surface area contributed by atoms with Gasteiger partial charge in [0.05, 0.1) is 0 Å². The summed E-state index contributed by atoms with van der Waals surface area (Å²) in [7, 11) is 0. The summed E-state index contributed by atoms with van der Waals surface area (Å²) < 4.78 is 5.15. The molecular weight excluding hydrogens is 188 g/mol. The third-order valence-electron chi connectivity index (χ3n) is 2.55. The molecule has 0 N–H and O–H groups in total. The molecule has 0 aromatic heterocycles. The van der Waals surface area contributed by atoms with Crippen LogP contribution in [0.1, 0.15) is 26.3 Å². The Bertz CT molecular complexity index is 306. The number of hydrogen-bond acceptors (Lipinski definition) is 2. The molecule has 0 saturated heterocycles. The van der Waals surface area contributed by atoms with Crippen LogP contribution in [-0.2, 0) is 16.0 Å². The van der Waals surface area contributed by atoms with Crippen molar-refractivity contribution in [2.24, 2.45) is 5.92 Å². The molecule has 1 aromatic rings. The lowest BCUT2D eigenvalue weighted by Crippen LogP contribution is -2.22. The molecule has 1 rings (SSSR count). The standard InChI is InChI=1S/C13H18O2/c1-10(11(2)15-12(3)14)9-13-7-5-4-6-8-13/h4-8,10-11H,9H2,1-3H3. The summed E-state index contributed by atoms with van der Waals surface area (Å²) in [5, 5.41) is 0. The lowest BCUT2D eigenvalue weighted by Gasteiger charge is -2.19. The van der Waals surface area contributed by atoms with Crippen LogP contribution in [0.3, 0.4) is 0 Å². The highest BCUT2D eigenvalue weighted by Crippen LogP contribution is 2.14. The van der Waals surface area contributed by atoms with Gasteiger partial charge in [-0.25, -0.2) is 0 Å². The van der Waals surface area contributed by atoms with Crippen LogP contribution in [0.2, 0.25) is 0 Å². The van der Waals surface area contributed by atoms with E-state index in [-0.39, 0.29) is 12.1 Å². The molecule has 0 spiro atoms. The Morgan fingerprint density at radius 1 is 1.27 bits per heavy atom. The zero-order chi connectivity index (χ0) is 11.3. The van der Waals surface area contributed by atoms with Crippen LogP contribution in [0.15, 0.2) is 30.3 Å². The van der Waals surface area contributed by atoms with E-state index in [0.717, 1.165) is 6.42 Å². The Balaban J connectivity index is 2.48. The fourth-order valence-electron chi connectivity index (χ4n) is 1.53. The number of hydrogen-bond donors (Lipinski definition) is 0. The lowest BCUT2D eigenvalue weighted by molar-refractivity contribution is -0.147. The minimum atomic E-state index is -0.206. The van der Waals surface area contributed by atoms with E-state index in [9.17, 15) is 4.79 Å². The minimum absolute atomic E-state index is 0.0253. The van der Waals surface area contributed by atoms with Gasteiger partial charge in [0.2, 0.25) is 0 Å². The van der Waals surface area contributed by atoms with E-state index in [1.807, 2.05) is 25.1 Å². The third kappa shape index (κ3) is 4.15. The van der Waals surface area contributed by atoms with Crippen LogP contribution >= 0.6 is 0 Å². The summed E-state index contributed by atoms with van der Waals surface area (Å²) in [6.07, 6.45) is 0.914.